The standard InChI is InChI=1S/C9H16N.Li/c1-2-8-4-3-5-9(10)7-6-8;/h10H,2-7H2,1H3;/q-1;+1. The van der Waals surface area contributed by atoms with Crippen LogP contribution in [0.2, 0.25) is 0 Å². The van der Waals surface area contributed by atoms with Crippen molar-refractivity contribution in [2.75, 3.05) is 0 Å². The minimum absolute atomic E-state index is 0. The fraction of sp³-hybridized carbons (Fsp3) is 0.778. The second-order valence-corrected chi connectivity index (χ2v) is 3.06. The summed E-state index contributed by atoms with van der Waals surface area (Å²) in [6.07, 6.45) is 7.00. The first-order chi connectivity index (χ1) is 4.83. The second kappa shape index (κ2) is 5.86. The van der Waals surface area contributed by atoms with E-state index in [9.17, 15) is 0 Å². The molecule has 0 aromatic rings. The van der Waals surface area contributed by atoms with Gasteiger partial charge in [0.15, 0.2) is 0 Å². The maximum atomic E-state index is 7.48. The zero-order valence-corrected chi connectivity index (χ0v) is 7.74. The Morgan fingerprint density at radius 1 is 1.36 bits per heavy atom. The molecule has 0 bridgehead atoms. The molecule has 58 valence electrons. The molecule has 0 saturated heterocycles. The van der Waals surface area contributed by atoms with Crippen molar-refractivity contribution in [1.82, 2.24) is 0 Å². The average molecular weight is 145 g/mol. The molecule has 2 heteroatoms. The molecule has 0 aliphatic heterocycles. The molecule has 0 atom stereocenters. The van der Waals surface area contributed by atoms with Crippen molar-refractivity contribution >= 4 is 5.71 Å². The summed E-state index contributed by atoms with van der Waals surface area (Å²) in [4.78, 5) is 0. The van der Waals surface area contributed by atoms with Crippen LogP contribution in [0.1, 0.15) is 45.4 Å². The molecule has 1 aliphatic rings. The van der Waals surface area contributed by atoms with Crippen molar-refractivity contribution in [3.63, 3.8) is 0 Å². The molecule has 1 rings (SSSR count). The van der Waals surface area contributed by atoms with E-state index in [2.05, 4.69) is 6.92 Å². The molecule has 1 fully saturated rings. The minimum atomic E-state index is 0. The Kier molecular flexibility index (Phi) is 6.00. The first kappa shape index (κ1) is 11.3. The Balaban J connectivity index is 0.000001000. The third kappa shape index (κ3) is 3.99. The SMILES string of the molecule is CC[C-]1CCCC(=N)CC1.[Li+]. The fourth-order valence-corrected chi connectivity index (χ4v) is 1.48. The van der Waals surface area contributed by atoms with E-state index in [0.717, 1.165) is 18.6 Å². The Bertz CT molecular complexity index is 123. The molecule has 0 amide bonds. The summed E-state index contributed by atoms with van der Waals surface area (Å²) in [7, 11) is 0. The monoisotopic (exact) mass is 145 g/mol. The molecule has 0 aromatic heterocycles. The van der Waals surface area contributed by atoms with Crippen LogP contribution in [0.15, 0.2) is 0 Å². The van der Waals surface area contributed by atoms with E-state index in [1.165, 1.54) is 25.7 Å². The summed E-state index contributed by atoms with van der Waals surface area (Å²) in [5, 5.41) is 7.48. The average Bonchev–Trinajstić information content (AvgIpc) is 2.14. The first-order valence-electron chi connectivity index (χ1n) is 4.22. The van der Waals surface area contributed by atoms with Crippen molar-refractivity contribution in [1.29, 1.82) is 5.41 Å². The molecule has 0 spiro atoms. The van der Waals surface area contributed by atoms with E-state index in [-0.39, 0.29) is 18.9 Å². The topological polar surface area (TPSA) is 23.9 Å². The van der Waals surface area contributed by atoms with Crippen LogP contribution >= 0.6 is 0 Å². The summed E-state index contributed by atoms with van der Waals surface area (Å²) in [6, 6.07) is 0. The van der Waals surface area contributed by atoms with Crippen LogP contribution in [0.25, 0.3) is 0 Å². The van der Waals surface area contributed by atoms with Gasteiger partial charge in [0, 0.05) is 5.71 Å². The normalized spacial score (nSPS) is 20.6. The quantitative estimate of drug-likeness (QED) is 0.304. The zero-order chi connectivity index (χ0) is 7.40. The van der Waals surface area contributed by atoms with Crippen LogP contribution in [-0.2, 0) is 0 Å². The summed E-state index contributed by atoms with van der Waals surface area (Å²) in [5.41, 5.74) is 0.962. The van der Waals surface area contributed by atoms with E-state index in [4.69, 9.17) is 5.41 Å². The van der Waals surface area contributed by atoms with E-state index < -0.39 is 0 Å². The van der Waals surface area contributed by atoms with Gasteiger partial charge in [-0.3, -0.25) is 0 Å². The molecule has 1 N–H and O–H groups in total. The minimum Gasteiger partial charge on any atom is -0.314 e. The fourth-order valence-electron chi connectivity index (χ4n) is 1.48. The Hall–Kier alpha value is 0.267. The van der Waals surface area contributed by atoms with Crippen molar-refractivity contribution < 1.29 is 18.9 Å². The van der Waals surface area contributed by atoms with Crippen molar-refractivity contribution in [3.8, 4) is 0 Å². The molecule has 0 aromatic carbocycles. The Morgan fingerprint density at radius 3 is 2.73 bits per heavy atom. The van der Waals surface area contributed by atoms with Gasteiger partial charge in [0.25, 0.3) is 0 Å². The summed E-state index contributed by atoms with van der Waals surface area (Å²) < 4.78 is 0. The van der Waals surface area contributed by atoms with Crippen LogP contribution < -0.4 is 18.9 Å². The van der Waals surface area contributed by atoms with Crippen LogP contribution in [0.4, 0.5) is 0 Å². The maximum Gasteiger partial charge on any atom is 1.00 e. The smallest absolute Gasteiger partial charge is 0.314 e. The van der Waals surface area contributed by atoms with Gasteiger partial charge in [0.1, 0.15) is 0 Å². The molecule has 1 nitrogen and oxygen atoms in total. The third-order valence-corrected chi connectivity index (χ3v) is 2.29. The molecule has 1 saturated carbocycles. The molecular formula is C9H16LiN. The summed E-state index contributed by atoms with van der Waals surface area (Å²) in [5.74, 6) is 1.67. The predicted molar refractivity (Wildman–Crippen MR) is 44.3 cm³/mol. The van der Waals surface area contributed by atoms with Gasteiger partial charge in [-0.25, -0.2) is 0 Å². The Labute approximate surface area is 81.6 Å². The van der Waals surface area contributed by atoms with E-state index in [1.807, 2.05) is 0 Å². The number of rotatable bonds is 1. The first-order valence-corrected chi connectivity index (χ1v) is 4.22. The predicted octanol–water partition coefficient (Wildman–Crippen LogP) is -0.0412. The van der Waals surface area contributed by atoms with Crippen molar-refractivity contribution in [2.45, 2.75) is 45.4 Å². The van der Waals surface area contributed by atoms with E-state index >= 15 is 0 Å². The number of hydrogen-bond donors (Lipinski definition) is 1. The van der Waals surface area contributed by atoms with Crippen LogP contribution in [0.3, 0.4) is 0 Å². The van der Waals surface area contributed by atoms with Gasteiger partial charge in [-0.15, -0.1) is 0 Å². The van der Waals surface area contributed by atoms with E-state index in [1.54, 1.807) is 5.92 Å². The van der Waals surface area contributed by atoms with Gasteiger partial charge in [-0.2, -0.15) is 19.3 Å². The van der Waals surface area contributed by atoms with Crippen molar-refractivity contribution in [3.05, 3.63) is 5.92 Å². The third-order valence-electron chi connectivity index (χ3n) is 2.29. The summed E-state index contributed by atoms with van der Waals surface area (Å²) >= 11 is 0. The van der Waals surface area contributed by atoms with E-state index in [0.29, 0.717) is 0 Å². The molecule has 0 radical (unpaired) electrons. The van der Waals surface area contributed by atoms with Gasteiger partial charge >= 0.3 is 18.9 Å². The van der Waals surface area contributed by atoms with Gasteiger partial charge in [-0.1, -0.05) is 13.3 Å². The van der Waals surface area contributed by atoms with Gasteiger partial charge in [0.2, 0.25) is 0 Å². The van der Waals surface area contributed by atoms with Gasteiger partial charge in [0.05, 0.1) is 0 Å². The van der Waals surface area contributed by atoms with Crippen molar-refractivity contribution in [2.24, 2.45) is 0 Å². The van der Waals surface area contributed by atoms with Crippen LogP contribution in [-0.4, -0.2) is 5.71 Å². The maximum absolute atomic E-state index is 7.48. The van der Waals surface area contributed by atoms with Crippen LogP contribution in [0.5, 0.6) is 0 Å². The number of hydrogen-bond acceptors (Lipinski definition) is 1. The molecule has 1 aliphatic carbocycles. The van der Waals surface area contributed by atoms with Crippen LogP contribution in [0, 0.1) is 11.3 Å². The van der Waals surface area contributed by atoms with Gasteiger partial charge in [-0.05, 0) is 12.8 Å². The largest absolute Gasteiger partial charge is 1.00 e. The summed E-state index contributed by atoms with van der Waals surface area (Å²) in [6.45, 7) is 2.23. The Morgan fingerprint density at radius 2 is 2.09 bits per heavy atom. The molecule has 11 heavy (non-hydrogen) atoms. The number of nitrogens with one attached hydrogen (secondary N) is 1. The molecule has 0 unspecified atom stereocenters. The second-order valence-electron chi connectivity index (χ2n) is 3.06. The van der Waals surface area contributed by atoms with Gasteiger partial charge < -0.3 is 11.3 Å². The molecule has 0 heterocycles. The molecular weight excluding hydrogens is 129 g/mol. The zero-order valence-electron chi connectivity index (χ0n) is 7.74.